The molecule has 1 unspecified atom stereocenters. The second-order valence-corrected chi connectivity index (χ2v) is 4.42. The van der Waals surface area contributed by atoms with E-state index in [4.69, 9.17) is 5.73 Å². The Bertz CT molecular complexity index is 473. The van der Waals surface area contributed by atoms with Crippen LogP contribution < -0.4 is 5.73 Å². The Hall–Kier alpha value is -1.42. The molecule has 0 fully saturated rings. The van der Waals surface area contributed by atoms with E-state index in [1.165, 1.54) is 5.56 Å². The van der Waals surface area contributed by atoms with Crippen LogP contribution in [-0.4, -0.2) is 20.6 Å². The first kappa shape index (κ1) is 11.1. The van der Waals surface area contributed by atoms with Crippen LogP contribution in [0.4, 0.5) is 0 Å². The molecule has 1 atom stereocenters. The van der Waals surface area contributed by atoms with E-state index in [-0.39, 0.29) is 6.04 Å². The van der Waals surface area contributed by atoms with Gasteiger partial charge in [-0.2, -0.15) is 0 Å². The van der Waals surface area contributed by atoms with Crippen molar-refractivity contribution in [2.45, 2.75) is 39.2 Å². The summed E-state index contributed by atoms with van der Waals surface area (Å²) in [5.74, 6) is 1.02. The van der Waals surface area contributed by atoms with E-state index in [2.05, 4.69) is 23.2 Å². The lowest BCUT2D eigenvalue weighted by atomic mass is 10.1. The molecule has 16 heavy (non-hydrogen) atoms. The molecule has 0 saturated carbocycles. The van der Waals surface area contributed by atoms with Crippen LogP contribution in [0.3, 0.4) is 0 Å². The Morgan fingerprint density at radius 1 is 1.44 bits per heavy atom. The quantitative estimate of drug-likeness (QED) is 0.850. The number of nitrogens with two attached hydrogens (primary N) is 1. The minimum atomic E-state index is 0.265. The maximum absolute atomic E-state index is 5.72. The lowest BCUT2D eigenvalue weighted by Crippen LogP contribution is -2.14. The number of pyridine rings is 1. The van der Waals surface area contributed by atoms with Crippen molar-refractivity contribution in [3.05, 3.63) is 29.7 Å². The SMILES string of the molecule is Cc1ccn2c(CCCC(C)N)nnc2c1. The van der Waals surface area contributed by atoms with Crippen LogP contribution in [0, 0.1) is 6.92 Å². The van der Waals surface area contributed by atoms with Crippen LogP contribution in [-0.2, 0) is 6.42 Å². The second kappa shape index (κ2) is 4.61. The highest BCUT2D eigenvalue weighted by molar-refractivity contribution is 5.40. The largest absolute Gasteiger partial charge is 0.328 e. The summed E-state index contributed by atoms with van der Waals surface area (Å²) in [5, 5.41) is 8.36. The molecule has 0 spiro atoms. The van der Waals surface area contributed by atoms with Crippen LogP contribution in [0.5, 0.6) is 0 Å². The predicted octanol–water partition coefficient (Wildman–Crippen LogP) is 1.71. The zero-order valence-electron chi connectivity index (χ0n) is 9.85. The van der Waals surface area contributed by atoms with Crippen LogP contribution in [0.15, 0.2) is 18.3 Å². The summed E-state index contributed by atoms with van der Waals surface area (Å²) in [6.07, 6.45) is 5.06. The molecule has 2 aromatic heterocycles. The number of hydrogen-bond acceptors (Lipinski definition) is 3. The minimum absolute atomic E-state index is 0.265. The first-order valence-corrected chi connectivity index (χ1v) is 5.72. The van der Waals surface area contributed by atoms with Gasteiger partial charge >= 0.3 is 0 Å². The third-order valence-corrected chi connectivity index (χ3v) is 2.70. The number of rotatable bonds is 4. The van der Waals surface area contributed by atoms with Crippen molar-refractivity contribution in [1.82, 2.24) is 14.6 Å². The Labute approximate surface area is 95.5 Å². The van der Waals surface area contributed by atoms with Gasteiger partial charge in [-0.25, -0.2) is 0 Å². The van der Waals surface area contributed by atoms with Gasteiger partial charge in [0.15, 0.2) is 5.65 Å². The molecule has 2 heterocycles. The molecule has 0 bridgehead atoms. The molecule has 4 nitrogen and oxygen atoms in total. The summed E-state index contributed by atoms with van der Waals surface area (Å²) < 4.78 is 2.05. The predicted molar refractivity (Wildman–Crippen MR) is 64.3 cm³/mol. The highest BCUT2D eigenvalue weighted by Crippen LogP contribution is 2.09. The van der Waals surface area contributed by atoms with E-state index >= 15 is 0 Å². The average molecular weight is 218 g/mol. The van der Waals surface area contributed by atoms with Gasteiger partial charge in [-0.1, -0.05) is 0 Å². The van der Waals surface area contributed by atoms with Gasteiger partial charge < -0.3 is 5.73 Å². The average Bonchev–Trinajstić information content (AvgIpc) is 2.60. The molecular weight excluding hydrogens is 200 g/mol. The van der Waals surface area contributed by atoms with Crippen molar-refractivity contribution in [3.8, 4) is 0 Å². The van der Waals surface area contributed by atoms with Gasteiger partial charge in [0.1, 0.15) is 5.82 Å². The monoisotopic (exact) mass is 218 g/mol. The number of hydrogen-bond donors (Lipinski definition) is 1. The lowest BCUT2D eigenvalue weighted by molar-refractivity contribution is 0.611. The first-order chi connectivity index (χ1) is 7.66. The first-order valence-electron chi connectivity index (χ1n) is 5.72. The third-order valence-electron chi connectivity index (χ3n) is 2.70. The van der Waals surface area contributed by atoms with Gasteiger partial charge in [0, 0.05) is 18.7 Å². The van der Waals surface area contributed by atoms with Gasteiger partial charge in [-0.15, -0.1) is 10.2 Å². The summed E-state index contributed by atoms with van der Waals surface area (Å²) in [5.41, 5.74) is 7.86. The highest BCUT2D eigenvalue weighted by Gasteiger charge is 2.05. The Kier molecular flexibility index (Phi) is 3.19. The summed E-state index contributed by atoms with van der Waals surface area (Å²) in [6, 6.07) is 4.38. The van der Waals surface area contributed by atoms with Crippen LogP contribution in [0.2, 0.25) is 0 Å². The molecule has 0 aliphatic heterocycles. The maximum Gasteiger partial charge on any atom is 0.161 e. The molecule has 2 rings (SSSR count). The van der Waals surface area contributed by atoms with E-state index < -0.39 is 0 Å². The van der Waals surface area contributed by atoms with E-state index in [0.29, 0.717) is 0 Å². The molecule has 2 N–H and O–H groups in total. The van der Waals surface area contributed by atoms with Gasteiger partial charge in [-0.3, -0.25) is 4.40 Å². The molecule has 0 aromatic carbocycles. The normalized spacial score (nSPS) is 13.2. The Morgan fingerprint density at radius 3 is 3.00 bits per heavy atom. The molecule has 86 valence electrons. The molecule has 0 aliphatic rings. The smallest absolute Gasteiger partial charge is 0.161 e. The Morgan fingerprint density at radius 2 is 2.25 bits per heavy atom. The van der Waals surface area contributed by atoms with E-state index in [1.807, 2.05) is 23.6 Å². The number of aromatic nitrogens is 3. The van der Waals surface area contributed by atoms with Crippen molar-refractivity contribution in [2.24, 2.45) is 5.73 Å². The molecule has 0 aliphatic carbocycles. The van der Waals surface area contributed by atoms with Crippen molar-refractivity contribution < 1.29 is 0 Å². The van der Waals surface area contributed by atoms with E-state index in [0.717, 1.165) is 30.7 Å². The molecular formula is C12H18N4. The number of aryl methyl sites for hydroxylation is 2. The Balaban J connectivity index is 2.13. The fourth-order valence-corrected chi connectivity index (χ4v) is 1.79. The second-order valence-electron chi connectivity index (χ2n) is 4.42. The topological polar surface area (TPSA) is 56.2 Å². The fraction of sp³-hybridized carbons (Fsp3) is 0.500. The zero-order chi connectivity index (χ0) is 11.5. The van der Waals surface area contributed by atoms with Gasteiger partial charge in [0.05, 0.1) is 0 Å². The van der Waals surface area contributed by atoms with Gasteiger partial charge in [-0.05, 0) is 44.4 Å². The van der Waals surface area contributed by atoms with Crippen LogP contribution in [0.1, 0.15) is 31.2 Å². The summed E-state index contributed by atoms with van der Waals surface area (Å²) in [7, 11) is 0. The molecule has 4 heteroatoms. The van der Waals surface area contributed by atoms with Gasteiger partial charge in [0.2, 0.25) is 0 Å². The lowest BCUT2D eigenvalue weighted by Gasteiger charge is -2.03. The molecule has 0 amide bonds. The van der Waals surface area contributed by atoms with Gasteiger partial charge in [0.25, 0.3) is 0 Å². The number of fused-ring (bicyclic) bond motifs is 1. The highest BCUT2D eigenvalue weighted by atomic mass is 15.2. The summed E-state index contributed by atoms with van der Waals surface area (Å²) in [4.78, 5) is 0. The summed E-state index contributed by atoms with van der Waals surface area (Å²) >= 11 is 0. The van der Waals surface area contributed by atoms with Crippen LogP contribution in [0.25, 0.3) is 5.65 Å². The minimum Gasteiger partial charge on any atom is -0.328 e. The molecule has 2 aromatic rings. The summed E-state index contributed by atoms with van der Waals surface area (Å²) in [6.45, 7) is 4.09. The van der Waals surface area contributed by atoms with Crippen molar-refractivity contribution in [3.63, 3.8) is 0 Å². The van der Waals surface area contributed by atoms with E-state index in [9.17, 15) is 0 Å². The fourth-order valence-electron chi connectivity index (χ4n) is 1.79. The van der Waals surface area contributed by atoms with Crippen molar-refractivity contribution in [2.75, 3.05) is 0 Å². The third kappa shape index (κ3) is 2.39. The van der Waals surface area contributed by atoms with E-state index in [1.54, 1.807) is 0 Å². The molecule has 0 saturated heterocycles. The standard InChI is InChI=1S/C12H18N4/c1-9-6-7-16-11(5-3-4-10(2)13)14-15-12(16)8-9/h6-8,10H,3-5,13H2,1-2H3. The molecule has 0 radical (unpaired) electrons. The number of nitrogens with zero attached hydrogens (tertiary/aromatic N) is 3. The van der Waals surface area contributed by atoms with Crippen molar-refractivity contribution >= 4 is 5.65 Å². The van der Waals surface area contributed by atoms with Crippen molar-refractivity contribution in [1.29, 1.82) is 0 Å². The zero-order valence-corrected chi connectivity index (χ0v) is 9.85. The van der Waals surface area contributed by atoms with Crippen LogP contribution >= 0.6 is 0 Å². The maximum atomic E-state index is 5.72.